The number of methoxy groups -OCH3 is 1. The lowest BCUT2D eigenvalue weighted by Crippen LogP contribution is -2.33. The number of ether oxygens (including phenoxy) is 1. The van der Waals surface area contributed by atoms with E-state index in [2.05, 4.69) is 17.2 Å². The molecule has 1 aliphatic rings. The fourth-order valence-electron chi connectivity index (χ4n) is 1.90. The molecule has 0 spiro atoms. The average Bonchev–Trinajstić information content (AvgIpc) is 2.16. The van der Waals surface area contributed by atoms with E-state index < -0.39 is 0 Å². The van der Waals surface area contributed by atoms with Gasteiger partial charge in [0.1, 0.15) is 0 Å². The Morgan fingerprint density at radius 2 is 2.29 bits per heavy atom. The second-order valence-electron chi connectivity index (χ2n) is 3.98. The predicted molar refractivity (Wildman–Crippen MR) is 56.6 cm³/mol. The second-order valence-corrected chi connectivity index (χ2v) is 3.98. The minimum absolute atomic E-state index is 0.600. The summed E-state index contributed by atoms with van der Waals surface area (Å²) >= 11 is 0. The van der Waals surface area contributed by atoms with Crippen molar-refractivity contribution < 1.29 is 4.74 Å². The minimum Gasteiger partial charge on any atom is -0.480 e. The molecule has 0 saturated heterocycles. The molecule has 0 radical (unpaired) electrons. The number of pyridine rings is 1. The molecule has 1 aliphatic carbocycles. The molecule has 1 aromatic rings. The van der Waals surface area contributed by atoms with Crippen molar-refractivity contribution in [2.45, 2.75) is 25.8 Å². The Balaban J connectivity index is 2.01. The molecule has 1 heterocycles. The zero-order chi connectivity index (χ0) is 9.97. The van der Waals surface area contributed by atoms with Gasteiger partial charge < -0.3 is 10.1 Å². The summed E-state index contributed by atoms with van der Waals surface area (Å²) < 4.78 is 5.17. The zero-order valence-electron chi connectivity index (χ0n) is 8.66. The van der Waals surface area contributed by atoms with Gasteiger partial charge in [0, 0.05) is 12.2 Å². The van der Waals surface area contributed by atoms with E-state index in [9.17, 15) is 0 Å². The third-order valence-electron chi connectivity index (χ3n) is 2.70. The first-order valence-electron chi connectivity index (χ1n) is 5.05. The molecule has 3 nitrogen and oxygen atoms in total. The maximum atomic E-state index is 5.17. The summed E-state index contributed by atoms with van der Waals surface area (Å²) in [4.78, 5) is 4.14. The van der Waals surface area contributed by atoms with E-state index >= 15 is 0 Å². The first-order chi connectivity index (χ1) is 6.79. The van der Waals surface area contributed by atoms with E-state index in [1.165, 1.54) is 12.8 Å². The van der Waals surface area contributed by atoms with Crippen LogP contribution in [0.25, 0.3) is 0 Å². The highest BCUT2D eigenvalue weighted by Gasteiger charge is 2.25. The van der Waals surface area contributed by atoms with Gasteiger partial charge in [0.15, 0.2) is 0 Å². The monoisotopic (exact) mass is 192 g/mol. The Hall–Kier alpha value is -1.25. The van der Waals surface area contributed by atoms with Crippen LogP contribution in [0.1, 0.15) is 19.8 Å². The van der Waals surface area contributed by atoms with Crippen LogP contribution in [0.4, 0.5) is 5.69 Å². The largest absolute Gasteiger partial charge is 0.480 e. The lowest BCUT2D eigenvalue weighted by Gasteiger charge is -2.34. The molecular formula is C11H16N2O. The molecule has 0 bridgehead atoms. The molecule has 1 fully saturated rings. The van der Waals surface area contributed by atoms with Crippen molar-refractivity contribution in [2.24, 2.45) is 5.92 Å². The number of aromatic nitrogens is 1. The molecule has 1 saturated carbocycles. The SMILES string of the molecule is COc1ncccc1NC1CC(C)C1. The topological polar surface area (TPSA) is 34.1 Å². The van der Waals surface area contributed by atoms with E-state index in [0.717, 1.165) is 11.6 Å². The van der Waals surface area contributed by atoms with Crippen LogP contribution in [-0.4, -0.2) is 18.1 Å². The summed E-state index contributed by atoms with van der Waals surface area (Å²) in [6.45, 7) is 2.28. The highest BCUT2D eigenvalue weighted by Crippen LogP contribution is 2.31. The maximum Gasteiger partial charge on any atom is 0.237 e. The summed E-state index contributed by atoms with van der Waals surface area (Å²) in [5.41, 5.74) is 1.01. The van der Waals surface area contributed by atoms with Gasteiger partial charge in [-0.2, -0.15) is 0 Å². The van der Waals surface area contributed by atoms with Crippen LogP contribution in [0.2, 0.25) is 0 Å². The van der Waals surface area contributed by atoms with Crippen LogP contribution >= 0.6 is 0 Å². The Bertz CT molecular complexity index is 308. The summed E-state index contributed by atoms with van der Waals surface area (Å²) in [6, 6.07) is 4.53. The van der Waals surface area contributed by atoms with Crippen molar-refractivity contribution in [1.29, 1.82) is 0 Å². The molecule has 0 amide bonds. The molecule has 2 rings (SSSR count). The summed E-state index contributed by atoms with van der Waals surface area (Å²) in [5.74, 6) is 1.54. The van der Waals surface area contributed by atoms with Gasteiger partial charge in [-0.1, -0.05) is 6.92 Å². The number of nitrogens with one attached hydrogen (secondary N) is 1. The summed E-state index contributed by atoms with van der Waals surface area (Å²) in [7, 11) is 1.65. The standard InChI is InChI=1S/C11H16N2O/c1-8-6-9(7-8)13-10-4-3-5-12-11(10)14-2/h3-5,8-9,13H,6-7H2,1-2H3. The van der Waals surface area contributed by atoms with Crippen LogP contribution in [0.5, 0.6) is 5.88 Å². The third-order valence-corrected chi connectivity index (χ3v) is 2.70. The number of anilines is 1. The molecule has 0 aliphatic heterocycles. The quantitative estimate of drug-likeness (QED) is 0.798. The van der Waals surface area contributed by atoms with Gasteiger partial charge in [0.05, 0.1) is 12.8 Å². The normalized spacial score (nSPS) is 25.3. The van der Waals surface area contributed by atoms with Crippen LogP contribution in [-0.2, 0) is 0 Å². The van der Waals surface area contributed by atoms with Crippen molar-refractivity contribution in [1.82, 2.24) is 4.98 Å². The molecule has 0 atom stereocenters. The highest BCUT2D eigenvalue weighted by molar-refractivity contribution is 5.52. The first-order valence-corrected chi connectivity index (χ1v) is 5.05. The first kappa shape index (κ1) is 9.31. The average molecular weight is 192 g/mol. The highest BCUT2D eigenvalue weighted by atomic mass is 16.5. The van der Waals surface area contributed by atoms with Crippen molar-refractivity contribution in [3.05, 3.63) is 18.3 Å². The number of hydrogen-bond donors (Lipinski definition) is 1. The van der Waals surface area contributed by atoms with Gasteiger partial charge >= 0.3 is 0 Å². The van der Waals surface area contributed by atoms with E-state index in [4.69, 9.17) is 4.74 Å². The fourth-order valence-corrected chi connectivity index (χ4v) is 1.90. The lowest BCUT2D eigenvalue weighted by molar-refractivity contribution is 0.307. The van der Waals surface area contributed by atoms with E-state index in [-0.39, 0.29) is 0 Å². The van der Waals surface area contributed by atoms with Crippen molar-refractivity contribution >= 4 is 5.69 Å². The van der Waals surface area contributed by atoms with Gasteiger partial charge in [-0.05, 0) is 30.9 Å². The van der Waals surface area contributed by atoms with E-state index in [0.29, 0.717) is 11.9 Å². The molecular weight excluding hydrogens is 176 g/mol. The third kappa shape index (κ3) is 1.81. The van der Waals surface area contributed by atoms with Crippen molar-refractivity contribution in [2.75, 3.05) is 12.4 Å². The maximum absolute atomic E-state index is 5.17. The van der Waals surface area contributed by atoms with Gasteiger partial charge in [-0.3, -0.25) is 0 Å². The molecule has 0 aromatic carbocycles. The number of hydrogen-bond acceptors (Lipinski definition) is 3. The van der Waals surface area contributed by atoms with Crippen LogP contribution in [0.3, 0.4) is 0 Å². The molecule has 1 N–H and O–H groups in total. The van der Waals surface area contributed by atoms with E-state index in [1.54, 1.807) is 13.3 Å². The number of rotatable bonds is 3. The molecule has 3 heteroatoms. The van der Waals surface area contributed by atoms with Crippen LogP contribution in [0, 0.1) is 5.92 Å². The number of nitrogens with zero attached hydrogens (tertiary/aromatic N) is 1. The van der Waals surface area contributed by atoms with Gasteiger partial charge in [0.2, 0.25) is 5.88 Å². The van der Waals surface area contributed by atoms with Gasteiger partial charge in [0.25, 0.3) is 0 Å². The zero-order valence-corrected chi connectivity index (χ0v) is 8.66. The molecule has 14 heavy (non-hydrogen) atoms. The second kappa shape index (κ2) is 3.86. The minimum atomic E-state index is 0.600. The predicted octanol–water partition coefficient (Wildman–Crippen LogP) is 2.30. The molecule has 76 valence electrons. The van der Waals surface area contributed by atoms with E-state index in [1.807, 2.05) is 12.1 Å². The van der Waals surface area contributed by atoms with Gasteiger partial charge in [-0.15, -0.1) is 0 Å². The van der Waals surface area contributed by atoms with Gasteiger partial charge in [-0.25, -0.2) is 4.98 Å². The van der Waals surface area contributed by atoms with Crippen LogP contribution in [0.15, 0.2) is 18.3 Å². The Kier molecular flexibility index (Phi) is 2.57. The summed E-state index contributed by atoms with van der Waals surface area (Å²) in [5, 5.41) is 3.44. The molecule has 0 unspecified atom stereocenters. The Labute approximate surface area is 84.5 Å². The lowest BCUT2D eigenvalue weighted by atomic mass is 9.82. The Morgan fingerprint density at radius 3 is 2.93 bits per heavy atom. The smallest absolute Gasteiger partial charge is 0.237 e. The molecule has 1 aromatic heterocycles. The Morgan fingerprint density at radius 1 is 1.50 bits per heavy atom. The van der Waals surface area contributed by atoms with Crippen molar-refractivity contribution in [3.8, 4) is 5.88 Å². The van der Waals surface area contributed by atoms with Crippen molar-refractivity contribution in [3.63, 3.8) is 0 Å². The summed E-state index contributed by atoms with van der Waals surface area (Å²) in [6.07, 6.45) is 4.24. The van der Waals surface area contributed by atoms with Crippen LogP contribution < -0.4 is 10.1 Å². The fraction of sp³-hybridized carbons (Fsp3) is 0.545.